The number of nitrogens with one attached hydrogen (secondary N) is 3. The Morgan fingerprint density at radius 2 is 2.00 bits per heavy atom. The number of hydrogen-bond donors (Lipinski definition) is 3. The number of fused-ring (bicyclic) bond motifs is 1. The van der Waals surface area contributed by atoms with Crippen molar-refractivity contribution in [3.8, 4) is 5.82 Å². The summed E-state index contributed by atoms with van der Waals surface area (Å²) in [4.78, 5) is 28.0. The van der Waals surface area contributed by atoms with Crippen LogP contribution < -0.4 is 10.6 Å². The Labute approximate surface area is 243 Å². The van der Waals surface area contributed by atoms with E-state index < -0.39 is 11.4 Å². The number of aromatic amines is 1. The number of nitrogens with zero attached hydrogens (tertiary/aromatic N) is 6. The van der Waals surface area contributed by atoms with Crippen molar-refractivity contribution in [3.63, 3.8) is 0 Å². The van der Waals surface area contributed by atoms with Crippen LogP contribution in [0.4, 0.5) is 16.0 Å². The van der Waals surface area contributed by atoms with Crippen molar-refractivity contribution < 1.29 is 13.9 Å². The minimum absolute atomic E-state index is 0.135. The predicted molar refractivity (Wildman–Crippen MR) is 154 cm³/mol. The second-order valence-corrected chi connectivity index (χ2v) is 11.3. The number of carbonyl (C=O) groups is 1. The van der Waals surface area contributed by atoms with Gasteiger partial charge in [0.25, 0.3) is 5.91 Å². The van der Waals surface area contributed by atoms with E-state index in [0.717, 1.165) is 79.1 Å². The van der Waals surface area contributed by atoms with Crippen LogP contribution in [0.2, 0.25) is 0 Å². The van der Waals surface area contributed by atoms with Crippen LogP contribution in [0.3, 0.4) is 0 Å². The van der Waals surface area contributed by atoms with Crippen LogP contribution in [0.5, 0.6) is 0 Å². The standard InChI is InChI=1S/C30H36FN9O2/c1-18-14-25(39-38-18)36-28-23-6-4-5-7-24(23)35-27(37-28)20-10-12-30(42-3,13-11-20)29(41)34-19(2)21-8-9-26(32-15-21)40-17-22(31)16-33-40/h8-9,14-17,19-20H,4-7,10-13H2,1-3H3,(H,34,41)(H2,35,36,37,38,39)/t19-,20?,30?/m0/s1. The second-order valence-electron chi connectivity index (χ2n) is 11.3. The van der Waals surface area contributed by atoms with Crippen molar-refractivity contribution in [2.75, 3.05) is 12.4 Å². The number of aromatic nitrogens is 7. The molecular formula is C30H36FN9O2. The lowest BCUT2D eigenvalue weighted by atomic mass is 9.77. The highest BCUT2D eigenvalue weighted by Crippen LogP contribution is 2.40. The predicted octanol–water partition coefficient (Wildman–Crippen LogP) is 4.77. The van der Waals surface area contributed by atoms with E-state index in [4.69, 9.17) is 14.7 Å². The van der Waals surface area contributed by atoms with Gasteiger partial charge in [-0.3, -0.25) is 9.89 Å². The molecule has 1 amide bonds. The van der Waals surface area contributed by atoms with E-state index in [1.807, 2.05) is 26.0 Å². The van der Waals surface area contributed by atoms with E-state index in [1.165, 1.54) is 16.4 Å². The Bertz CT molecular complexity index is 1560. The summed E-state index contributed by atoms with van der Waals surface area (Å²) in [6.07, 6.45) is 10.8. The van der Waals surface area contributed by atoms with Crippen LogP contribution in [0, 0.1) is 12.7 Å². The lowest BCUT2D eigenvalue weighted by Gasteiger charge is -2.38. The van der Waals surface area contributed by atoms with Gasteiger partial charge in [0.2, 0.25) is 0 Å². The molecule has 4 aromatic heterocycles. The average Bonchev–Trinajstić information content (AvgIpc) is 3.64. The monoisotopic (exact) mass is 573 g/mol. The van der Waals surface area contributed by atoms with Crippen LogP contribution in [-0.2, 0) is 22.4 Å². The van der Waals surface area contributed by atoms with Crippen LogP contribution in [0.25, 0.3) is 5.82 Å². The maximum atomic E-state index is 13.6. The molecule has 0 aliphatic heterocycles. The molecule has 0 spiro atoms. The third-order valence-corrected chi connectivity index (χ3v) is 8.52. The summed E-state index contributed by atoms with van der Waals surface area (Å²) in [5, 5.41) is 17.8. The van der Waals surface area contributed by atoms with Crippen molar-refractivity contribution in [2.24, 2.45) is 0 Å². The number of pyridine rings is 1. The van der Waals surface area contributed by atoms with Crippen molar-refractivity contribution in [2.45, 2.75) is 82.8 Å². The zero-order valence-electron chi connectivity index (χ0n) is 24.2. The Hall–Kier alpha value is -4.19. The molecule has 0 aromatic carbocycles. The molecule has 4 aromatic rings. The minimum atomic E-state index is -0.924. The summed E-state index contributed by atoms with van der Waals surface area (Å²) >= 11 is 0. The normalized spacial score (nSPS) is 21.0. The Kier molecular flexibility index (Phi) is 7.72. The maximum Gasteiger partial charge on any atom is 0.252 e. The van der Waals surface area contributed by atoms with Gasteiger partial charge >= 0.3 is 0 Å². The van der Waals surface area contributed by atoms with Gasteiger partial charge in [0.05, 0.1) is 18.4 Å². The molecule has 3 N–H and O–H groups in total. The van der Waals surface area contributed by atoms with Crippen molar-refractivity contribution in [1.29, 1.82) is 0 Å². The van der Waals surface area contributed by atoms with Gasteiger partial charge in [0.1, 0.15) is 17.2 Å². The average molecular weight is 574 g/mol. The number of anilines is 2. The fourth-order valence-corrected chi connectivity index (χ4v) is 6.00. The summed E-state index contributed by atoms with van der Waals surface area (Å²) in [5.41, 5.74) is 3.19. The highest BCUT2D eigenvalue weighted by atomic mass is 19.1. The Morgan fingerprint density at radius 1 is 1.19 bits per heavy atom. The van der Waals surface area contributed by atoms with Gasteiger partial charge in [0.15, 0.2) is 17.5 Å². The van der Waals surface area contributed by atoms with Crippen molar-refractivity contribution >= 4 is 17.5 Å². The third kappa shape index (κ3) is 5.63. The molecule has 4 heterocycles. The molecule has 220 valence electrons. The molecule has 1 atom stereocenters. The maximum absolute atomic E-state index is 13.6. The first-order valence-corrected chi connectivity index (χ1v) is 14.5. The quantitative estimate of drug-likeness (QED) is 0.274. The first-order chi connectivity index (χ1) is 20.3. The molecular weight excluding hydrogens is 537 g/mol. The first kappa shape index (κ1) is 28.0. The third-order valence-electron chi connectivity index (χ3n) is 8.52. The number of H-pyrrole nitrogens is 1. The van der Waals surface area contributed by atoms with Gasteiger partial charge in [-0.1, -0.05) is 6.07 Å². The van der Waals surface area contributed by atoms with Crippen molar-refractivity contribution in [3.05, 3.63) is 70.9 Å². The van der Waals surface area contributed by atoms with Crippen molar-refractivity contribution in [1.82, 2.24) is 40.2 Å². The first-order valence-electron chi connectivity index (χ1n) is 14.5. The molecule has 0 saturated heterocycles. The van der Waals surface area contributed by atoms with Crippen LogP contribution in [0.1, 0.15) is 85.7 Å². The highest BCUT2D eigenvalue weighted by Gasteiger charge is 2.43. The number of halogens is 1. The van der Waals surface area contributed by atoms with Gasteiger partial charge in [-0.05, 0) is 76.8 Å². The smallest absolute Gasteiger partial charge is 0.252 e. The van der Waals surface area contributed by atoms with Gasteiger partial charge in [0, 0.05) is 42.2 Å². The fraction of sp³-hybridized carbons (Fsp3) is 0.467. The molecule has 2 aliphatic rings. The molecule has 11 nitrogen and oxygen atoms in total. The molecule has 2 aliphatic carbocycles. The lowest BCUT2D eigenvalue weighted by Crippen LogP contribution is -2.51. The van der Waals surface area contributed by atoms with Gasteiger partial charge in [-0.2, -0.15) is 10.2 Å². The minimum Gasteiger partial charge on any atom is -0.368 e. The number of amides is 1. The summed E-state index contributed by atoms with van der Waals surface area (Å²) in [5.74, 6) is 2.47. The topological polar surface area (TPSA) is 136 Å². The van der Waals surface area contributed by atoms with E-state index in [-0.39, 0.29) is 17.9 Å². The van der Waals surface area contributed by atoms with Crippen LogP contribution in [0.15, 0.2) is 36.8 Å². The van der Waals surface area contributed by atoms with Crippen LogP contribution in [-0.4, -0.2) is 53.5 Å². The summed E-state index contributed by atoms with van der Waals surface area (Å²) in [6, 6.07) is 5.28. The number of carbonyl (C=O) groups excluding carboxylic acids is 1. The van der Waals surface area contributed by atoms with E-state index in [9.17, 15) is 9.18 Å². The molecule has 6 rings (SSSR count). The highest BCUT2D eigenvalue weighted by molar-refractivity contribution is 5.85. The summed E-state index contributed by atoms with van der Waals surface area (Å²) in [6.45, 7) is 3.88. The number of ether oxygens (including phenoxy) is 1. The zero-order valence-corrected chi connectivity index (χ0v) is 24.2. The largest absolute Gasteiger partial charge is 0.368 e. The molecule has 0 bridgehead atoms. The Balaban J connectivity index is 1.13. The van der Waals surface area contributed by atoms with E-state index in [0.29, 0.717) is 18.7 Å². The number of rotatable bonds is 8. The molecule has 12 heteroatoms. The van der Waals surface area contributed by atoms with E-state index in [1.54, 1.807) is 19.4 Å². The Morgan fingerprint density at radius 3 is 2.67 bits per heavy atom. The number of aryl methyl sites for hydroxylation is 2. The molecule has 0 unspecified atom stereocenters. The van der Waals surface area contributed by atoms with Gasteiger partial charge in [-0.15, -0.1) is 0 Å². The van der Waals surface area contributed by atoms with Gasteiger partial charge < -0.3 is 15.4 Å². The summed E-state index contributed by atoms with van der Waals surface area (Å²) in [7, 11) is 1.60. The second kappa shape index (κ2) is 11.6. The van der Waals surface area contributed by atoms with Crippen LogP contribution >= 0.6 is 0 Å². The molecule has 1 saturated carbocycles. The lowest BCUT2D eigenvalue weighted by molar-refractivity contribution is -0.148. The zero-order chi connectivity index (χ0) is 29.3. The summed E-state index contributed by atoms with van der Waals surface area (Å²) < 4.78 is 20.6. The van der Waals surface area contributed by atoms with E-state index in [2.05, 4.69) is 30.9 Å². The number of methoxy groups -OCH3 is 1. The fourth-order valence-electron chi connectivity index (χ4n) is 6.00. The molecule has 1 fully saturated rings. The van der Waals surface area contributed by atoms with E-state index >= 15 is 0 Å². The SMILES string of the molecule is COC1(C(=O)N[C@@H](C)c2ccc(-n3cc(F)cn3)nc2)CCC(c2nc3c(c(Nc4cc(C)[nH]n4)n2)CCCC3)CC1. The molecule has 0 radical (unpaired) electrons. The number of hydrogen-bond acceptors (Lipinski definition) is 8. The van der Waals surface area contributed by atoms with Gasteiger partial charge in [-0.25, -0.2) is 24.0 Å². The molecule has 42 heavy (non-hydrogen) atoms.